The summed E-state index contributed by atoms with van der Waals surface area (Å²) in [6.45, 7) is 2.10. The van der Waals surface area contributed by atoms with Gasteiger partial charge in [-0.25, -0.2) is 17.5 Å². The lowest BCUT2D eigenvalue weighted by atomic mass is 10.0. The zero-order valence-electron chi connectivity index (χ0n) is 13.1. The molecule has 23 heavy (non-hydrogen) atoms. The first kappa shape index (κ1) is 17.6. The van der Waals surface area contributed by atoms with E-state index in [0.717, 1.165) is 11.1 Å². The highest BCUT2D eigenvalue weighted by Crippen LogP contribution is 2.20. The Labute approximate surface area is 136 Å². The standard InChI is InChI=1S/C17H20FNO3S/c1-13-5-3-4-6-16(13)17(22-2)11-19-23(20,21)12-14-7-9-15(18)10-8-14/h3-10,17,19H,11-12H2,1-2H3. The van der Waals surface area contributed by atoms with Crippen LogP contribution in [0.25, 0.3) is 0 Å². The number of hydrogen-bond acceptors (Lipinski definition) is 3. The lowest BCUT2D eigenvalue weighted by Crippen LogP contribution is -2.30. The zero-order chi connectivity index (χ0) is 16.9. The van der Waals surface area contributed by atoms with E-state index >= 15 is 0 Å². The van der Waals surface area contributed by atoms with Crippen LogP contribution in [-0.2, 0) is 20.5 Å². The molecule has 2 rings (SSSR count). The van der Waals surface area contributed by atoms with Crippen molar-refractivity contribution < 1.29 is 17.5 Å². The number of rotatable bonds is 7. The molecule has 0 spiro atoms. The van der Waals surface area contributed by atoms with Gasteiger partial charge in [-0.3, -0.25) is 0 Å². The Kier molecular flexibility index (Phi) is 5.87. The predicted octanol–water partition coefficient (Wildman–Crippen LogP) is 2.94. The van der Waals surface area contributed by atoms with Crippen LogP contribution < -0.4 is 4.72 Å². The van der Waals surface area contributed by atoms with Gasteiger partial charge >= 0.3 is 0 Å². The second kappa shape index (κ2) is 7.68. The summed E-state index contributed by atoms with van der Waals surface area (Å²) >= 11 is 0. The Morgan fingerprint density at radius 3 is 2.39 bits per heavy atom. The average Bonchev–Trinajstić information content (AvgIpc) is 2.51. The fraction of sp³-hybridized carbons (Fsp3) is 0.294. The van der Waals surface area contributed by atoms with Gasteiger partial charge in [0.1, 0.15) is 5.82 Å². The van der Waals surface area contributed by atoms with Crippen LogP contribution in [-0.4, -0.2) is 22.1 Å². The molecule has 0 saturated carbocycles. The second-order valence-electron chi connectivity index (χ2n) is 5.31. The van der Waals surface area contributed by atoms with E-state index in [2.05, 4.69) is 4.72 Å². The summed E-state index contributed by atoms with van der Waals surface area (Å²) in [5.74, 6) is -0.588. The monoisotopic (exact) mass is 337 g/mol. The maximum Gasteiger partial charge on any atom is 0.215 e. The Morgan fingerprint density at radius 1 is 1.13 bits per heavy atom. The van der Waals surface area contributed by atoms with Crippen molar-refractivity contribution in [3.8, 4) is 0 Å². The summed E-state index contributed by atoms with van der Waals surface area (Å²) in [5.41, 5.74) is 2.51. The number of aryl methyl sites for hydroxylation is 1. The molecule has 0 heterocycles. The molecule has 6 heteroatoms. The second-order valence-corrected chi connectivity index (χ2v) is 7.12. The fourth-order valence-corrected chi connectivity index (χ4v) is 3.46. The van der Waals surface area contributed by atoms with E-state index in [1.807, 2.05) is 31.2 Å². The molecule has 0 aliphatic carbocycles. The quantitative estimate of drug-likeness (QED) is 0.845. The summed E-state index contributed by atoms with van der Waals surface area (Å²) in [6.07, 6.45) is -0.362. The van der Waals surface area contributed by atoms with Crippen molar-refractivity contribution in [3.63, 3.8) is 0 Å². The van der Waals surface area contributed by atoms with Crippen molar-refractivity contribution >= 4 is 10.0 Å². The Balaban J connectivity index is 2.02. The lowest BCUT2D eigenvalue weighted by Gasteiger charge is -2.18. The van der Waals surface area contributed by atoms with Gasteiger partial charge in [0.15, 0.2) is 0 Å². The van der Waals surface area contributed by atoms with E-state index in [1.54, 1.807) is 7.11 Å². The van der Waals surface area contributed by atoms with Crippen molar-refractivity contribution in [3.05, 3.63) is 71.0 Å². The maximum atomic E-state index is 12.9. The van der Waals surface area contributed by atoms with Gasteiger partial charge in [0, 0.05) is 13.7 Å². The molecule has 2 aromatic rings. The summed E-state index contributed by atoms with van der Waals surface area (Å²) in [6, 6.07) is 13.1. The van der Waals surface area contributed by atoms with E-state index in [1.165, 1.54) is 24.3 Å². The lowest BCUT2D eigenvalue weighted by molar-refractivity contribution is 0.107. The number of benzene rings is 2. The van der Waals surface area contributed by atoms with E-state index < -0.39 is 15.8 Å². The third-order valence-corrected chi connectivity index (χ3v) is 4.90. The van der Waals surface area contributed by atoms with Crippen LogP contribution >= 0.6 is 0 Å². The van der Waals surface area contributed by atoms with Crippen molar-refractivity contribution in [2.24, 2.45) is 0 Å². The number of methoxy groups -OCH3 is 1. The molecule has 0 fully saturated rings. The molecule has 0 amide bonds. The highest BCUT2D eigenvalue weighted by Gasteiger charge is 2.17. The normalized spacial score (nSPS) is 13.0. The SMILES string of the molecule is COC(CNS(=O)(=O)Cc1ccc(F)cc1)c1ccccc1C. The number of ether oxygens (including phenoxy) is 1. The van der Waals surface area contributed by atoms with Crippen LogP contribution in [0.1, 0.15) is 22.8 Å². The molecular weight excluding hydrogens is 317 g/mol. The molecule has 124 valence electrons. The van der Waals surface area contributed by atoms with E-state index in [4.69, 9.17) is 4.74 Å². The van der Waals surface area contributed by atoms with Crippen molar-refractivity contribution in [1.29, 1.82) is 0 Å². The van der Waals surface area contributed by atoms with Gasteiger partial charge in [0.25, 0.3) is 0 Å². The molecule has 1 unspecified atom stereocenters. The van der Waals surface area contributed by atoms with Crippen LogP contribution in [0, 0.1) is 12.7 Å². The Hall–Kier alpha value is -1.76. The molecule has 0 aromatic heterocycles. The minimum Gasteiger partial charge on any atom is -0.375 e. The molecule has 1 atom stereocenters. The van der Waals surface area contributed by atoms with Crippen LogP contribution in [0.5, 0.6) is 0 Å². The van der Waals surface area contributed by atoms with Crippen molar-refractivity contribution in [2.45, 2.75) is 18.8 Å². The number of halogens is 1. The zero-order valence-corrected chi connectivity index (χ0v) is 13.9. The van der Waals surface area contributed by atoms with Gasteiger partial charge in [-0.15, -0.1) is 0 Å². The number of nitrogens with one attached hydrogen (secondary N) is 1. The van der Waals surface area contributed by atoms with Gasteiger partial charge in [-0.1, -0.05) is 36.4 Å². The van der Waals surface area contributed by atoms with Gasteiger partial charge in [-0.05, 0) is 35.7 Å². The number of sulfonamides is 1. The van der Waals surface area contributed by atoms with Crippen molar-refractivity contribution in [1.82, 2.24) is 4.72 Å². The average molecular weight is 337 g/mol. The van der Waals surface area contributed by atoms with Gasteiger partial charge in [0.2, 0.25) is 10.0 Å². The Morgan fingerprint density at radius 2 is 1.78 bits per heavy atom. The fourth-order valence-electron chi connectivity index (χ4n) is 2.32. The third kappa shape index (κ3) is 5.13. The number of hydrogen-bond donors (Lipinski definition) is 1. The van der Waals surface area contributed by atoms with Gasteiger partial charge in [-0.2, -0.15) is 0 Å². The summed E-state index contributed by atoms with van der Waals surface area (Å²) in [7, 11) is -1.98. The molecule has 0 saturated heterocycles. The minimum absolute atomic E-state index is 0.144. The van der Waals surface area contributed by atoms with Crippen LogP contribution in [0.2, 0.25) is 0 Å². The van der Waals surface area contributed by atoms with Crippen LogP contribution in [0.15, 0.2) is 48.5 Å². The summed E-state index contributed by atoms with van der Waals surface area (Å²) in [5, 5.41) is 0. The smallest absolute Gasteiger partial charge is 0.215 e. The van der Waals surface area contributed by atoms with Crippen LogP contribution in [0.4, 0.5) is 4.39 Å². The summed E-state index contributed by atoms with van der Waals surface area (Å²) in [4.78, 5) is 0. The van der Waals surface area contributed by atoms with Crippen molar-refractivity contribution in [2.75, 3.05) is 13.7 Å². The van der Waals surface area contributed by atoms with Gasteiger partial charge in [0.05, 0.1) is 11.9 Å². The minimum atomic E-state index is -3.53. The molecule has 1 N–H and O–H groups in total. The molecule has 4 nitrogen and oxygen atoms in total. The Bertz CT molecular complexity index is 745. The van der Waals surface area contributed by atoms with E-state index in [0.29, 0.717) is 5.56 Å². The molecule has 0 bridgehead atoms. The van der Waals surface area contributed by atoms with Gasteiger partial charge < -0.3 is 4.74 Å². The highest BCUT2D eigenvalue weighted by molar-refractivity contribution is 7.88. The largest absolute Gasteiger partial charge is 0.375 e. The summed E-state index contributed by atoms with van der Waals surface area (Å²) < 4.78 is 45.1. The maximum absolute atomic E-state index is 12.9. The molecule has 2 aromatic carbocycles. The van der Waals surface area contributed by atoms with Crippen LogP contribution in [0.3, 0.4) is 0 Å². The topological polar surface area (TPSA) is 55.4 Å². The first-order valence-corrected chi connectivity index (χ1v) is 8.86. The first-order chi connectivity index (χ1) is 10.9. The molecule has 0 aliphatic heterocycles. The molecule has 0 radical (unpaired) electrons. The third-order valence-electron chi connectivity index (χ3n) is 3.58. The van der Waals surface area contributed by atoms with E-state index in [-0.39, 0.29) is 18.4 Å². The first-order valence-electron chi connectivity index (χ1n) is 7.21. The molecular formula is C17H20FNO3S. The predicted molar refractivity (Wildman–Crippen MR) is 88.0 cm³/mol. The van der Waals surface area contributed by atoms with E-state index in [9.17, 15) is 12.8 Å². The highest BCUT2D eigenvalue weighted by atomic mass is 32.2. The molecule has 0 aliphatic rings.